The monoisotopic (exact) mass is 262 g/mol. The lowest BCUT2D eigenvalue weighted by Crippen LogP contribution is -2.36. The van der Waals surface area contributed by atoms with Gasteiger partial charge in [0.1, 0.15) is 5.82 Å². The summed E-state index contributed by atoms with van der Waals surface area (Å²) in [5, 5.41) is 6.25. The Morgan fingerprint density at radius 3 is 2.89 bits per heavy atom. The van der Waals surface area contributed by atoms with Gasteiger partial charge in [-0.25, -0.2) is 4.98 Å². The maximum absolute atomic E-state index is 12.0. The minimum absolute atomic E-state index is 0.259. The SMILES string of the molecule is CNc1cc(NCCC(=O)N2CCCCC2)ccn1. The molecule has 0 unspecified atom stereocenters. The number of amides is 1. The molecule has 0 aliphatic carbocycles. The molecular formula is C14H22N4O. The average Bonchev–Trinajstić information content (AvgIpc) is 2.48. The topological polar surface area (TPSA) is 57.3 Å². The molecular weight excluding hydrogens is 240 g/mol. The highest BCUT2D eigenvalue weighted by Crippen LogP contribution is 2.12. The molecule has 5 nitrogen and oxygen atoms in total. The molecule has 0 saturated carbocycles. The van der Waals surface area contributed by atoms with E-state index in [0.717, 1.165) is 37.4 Å². The van der Waals surface area contributed by atoms with Crippen molar-refractivity contribution in [2.45, 2.75) is 25.7 Å². The van der Waals surface area contributed by atoms with Crippen molar-refractivity contribution in [3.05, 3.63) is 18.3 Å². The van der Waals surface area contributed by atoms with Crippen LogP contribution in [0.1, 0.15) is 25.7 Å². The van der Waals surface area contributed by atoms with Gasteiger partial charge in [-0.1, -0.05) is 0 Å². The first-order valence-electron chi connectivity index (χ1n) is 6.95. The Labute approximate surface area is 114 Å². The molecule has 0 atom stereocenters. The van der Waals surface area contributed by atoms with E-state index < -0.39 is 0 Å². The number of hydrogen-bond acceptors (Lipinski definition) is 4. The van der Waals surface area contributed by atoms with Crippen LogP contribution in [-0.4, -0.2) is 42.5 Å². The van der Waals surface area contributed by atoms with Gasteiger partial charge in [0.25, 0.3) is 0 Å². The molecule has 2 rings (SSSR count). The van der Waals surface area contributed by atoms with Gasteiger partial charge in [-0.05, 0) is 25.3 Å². The van der Waals surface area contributed by atoms with Crippen molar-refractivity contribution in [3.63, 3.8) is 0 Å². The van der Waals surface area contributed by atoms with Crippen molar-refractivity contribution in [2.75, 3.05) is 37.3 Å². The van der Waals surface area contributed by atoms with Gasteiger partial charge >= 0.3 is 0 Å². The molecule has 0 aromatic carbocycles. The van der Waals surface area contributed by atoms with Gasteiger partial charge in [-0.3, -0.25) is 4.79 Å². The van der Waals surface area contributed by atoms with Gasteiger partial charge in [-0.2, -0.15) is 0 Å². The summed E-state index contributed by atoms with van der Waals surface area (Å²) < 4.78 is 0. The van der Waals surface area contributed by atoms with Gasteiger partial charge in [0.05, 0.1) is 0 Å². The minimum Gasteiger partial charge on any atom is -0.384 e. The zero-order valence-electron chi connectivity index (χ0n) is 11.5. The maximum atomic E-state index is 12.0. The molecule has 5 heteroatoms. The Morgan fingerprint density at radius 1 is 1.37 bits per heavy atom. The number of anilines is 2. The second-order valence-electron chi connectivity index (χ2n) is 4.80. The highest BCUT2D eigenvalue weighted by molar-refractivity contribution is 5.76. The third-order valence-electron chi connectivity index (χ3n) is 3.39. The number of nitrogens with one attached hydrogen (secondary N) is 2. The van der Waals surface area contributed by atoms with E-state index in [1.165, 1.54) is 6.42 Å². The molecule has 1 aliphatic heterocycles. The van der Waals surface area contributed by atoms with Crippen LogP contribution in [0.5, 0.6) is 0 Å². The number of hydrogen-bond donors (Lipinski definition) is 2. The molecule has 1 amide bonds. The molecule has 0 bridgehead atoms. The fraction of sp³-hybridized carbons (Fsp3) is 0.571. The van der Waals surface area contributed by atoms with Crippen LogP contribution in [0, 0.1) is 0 Å². The average molecular weight is 262 g/mol. The number of carbonyl (C=O) groups excluding carboxylic acids is 1. The molecule has 1 aliphatic rings. The van der Waals surface area contributed by atoms with Crippen molar-refractivity contribution < 1.29 is 4.79 Å². The van der Waals surface area contributed by atoms with E-state index in [2.05, 4.69) is 15.6 Å². The van der Waals surface area contributed by atoms with Crippen molar-refractivity contribution in [1.82, 2.24) is 9.88 Å². The van der Waals surface area contributed by atoms with E-state index in [1.54, 1.807) is 6.20 Å². The molecule has 0 spiro atoms. The Balaban J connectivity index is 1.74. The van der Waals surface area contributed by atoms with Gasteiger partial charge in [0, 0.05) is 51.1 Å². The predicted molar refractivity (Wildman–Crippen MR) is 77.3 cm³/mol. The second-order valence-corrected chi connectivity index (χ2v) is 4.80. The summed E-state index contributed by atoms with van der Waals surface area (Å²) in [6, 6.07) is 3.84. The second kappa shape index (κ2) is 6.97. The van der Waals surface area contributed by atoms with Gasteiger partial charge in [0.2, 0.25) is 5.91 Å². The molecule has 1 fully saturated rings. The summed E-state index contributed by atoms with van der Waals surface area (Å²) in [5.74, 6) is 1.09. The van der Waals surface area contributed by atoms with Gasteiger partial charge < -0.3 is 15.5 Å². The number of aromatic nitrogens is 1. The Kier molecular flexibility index (Phi) is 5.01. The molecule has 19 heavy (non-hydrogen) atoms. The molecule has 2 heterocycles. The van der Waals surface area contributed by atoms with E-state index in [1.807, 2.05) is 24.1 Å². The zero-order valence-corrected chi connectivity index (χ0v) is 11.5. The van der Waals surface area contributed by atoms with Crippen LogP contribution in [0.2, 0.25) is 0 Å². The normalized spacial score (nSPS) is 15.1. The van der Waals surface area contributed by atoms with Crippen molar-refractivity contribution >= 4 is 17.4 Å². The van der Waals surface area contributed by atoms with Crippen LogP contribution >= 0.6 is 0 Å². The lowest BCUT2D eigenvalue weighted by atomic mass is 10.1. The Hall–Kier alpha value is -1.78. The summed E-state index contributed by atoms with van der Waals surface area (Å²) in [7, 11) is 1.84. The molecule has 0 radical (unpaired) electrons. The van der Waals surface area contributed by atoms with Crippen LogP contribution in [0.25, 0.3) is 0 Å². The zero-order chi connectivity index (χ0) is 13.5. The number of pyridine rings is 1. The van der Waals surface area contributed by atoms with Gasteiger partial charge in [0.15, 0.2) is 0 Å². The van der Waals surface area contributed by atoms with E-state index >= 15 is 0 Å². The highest BCUT2D eigenvalue weighted by atomic mass is 16.2. The fourth-order valence-electron chi connectivity index (χ4n) is 2.29. The first kappa shape index (κ1) is 13.6. The summed E-state index contributed by atoms with van der Waals surface area (Å²) >= 11 is 0. The van der Waals surface area contributed by atoms with Crippen molar-refractivity contribution in [3.8, 4) is 0 Å². The van der Waals surface area contributed by atoms with Crippen LogP contribution in [-0.2, 0) is 4.79 Å². The number of rotatable bonds is 5. The quantitative estimate of drug-likeness (QED) is 0.851. The molecule has 1 saturated heterocycles. The van der Waals surface area contributed by atoms with Crippen LogP contribution in [0.4, 0.5) is 11.5 Å². The summed E-state index contributed by atoms with van der Waals surface area (Å²) in [4.78, 5) is 18.1. The number of piperidine rings is 1. The lowest BCUT2D eigenvalue weighted by molar-refractivity contribution is -0.131. The molecule has 1 aromatic rings. The van der Waals surface area contributed by atoms with Crippen molar-refractivity contribution in [2.24, 2.45) is 0 Å². The van der Waals surface area contributed by atoms with E-state index in [0.29, 0.717) is 13.0 Å². The predicted octanol–water partition coefficient (Wildman–Crippen LogP) is 1.94. The van der Waals surface area contributed by atoms with Crippen molar-refractivity contribution in [1.29, 1.82) is 0 Å². The Bertz CT molecular complexity index is 416. The third-order valence-corrected chi connectivity index (χ3v) is 3.39. The highest BCUT2D eigenvalue weighted by Gasteiger charge is 2.15. The lowest BCUT2D eigenvalue weighted by Gasteiger charge is -2.26. The fourth-order valence-corrected chi connectivity index (χ4v) is 2.29. The Morgan fingerprint density at radius 2 is 2.16 bits per heavy atom. The summed E-state index contributed by atoms with van der Waals surface area (Å²) in [6.07, 6.45) is 5.85. The molecule has 1 aromatic heterocycles. The van der Waals surface area contributed by atoms with Crippen LogP contribution in [0.15, 0.2) is 18.3 Å². The summed E-state index contributed by atoms with van der Waals surface area (Å²) in [6.45, 7) is 2.53. The largest absolute Gasteiger partial charge is 0.384 e. The van der Waals surface area contributed by atoms with Crippen LogP contribution in [0.3, 0.4) is 0 Å². The van der Waals surface area contributed by atoms with E-state index in [-0.39, 0.29) is 5.91 Å². The van der Waals surface area contributed by atoms with E-state index in [4.69, 9.17) is 0 Å². The standard InChI is InChI=1S/C14H22N4O/c1-15-13-11-12(5-7-17-13)16-8-6-14(19)18-9-3-2-4-10-18/h5,7,11H,2-4,6,8-10H2,1H3,(H2,15,16,17). The molecule has 104 valence electrons. The molecule has 2 N–H and O–H groups in total. The van der Waals surface area contributed by atoms with Gasteiger partial charge in [-0.15, -0.1) is 0 Å². The van der Waals surface area contributed by atoms with Crippen LogP contribution < -0.4 is 10.6 Å². The first-order valence-corrected chi connectivity index (χ1v) is 6.95. The smallest absolute Gasteiger partial charge is 0.224 e. The summed E-state index contributed by atoms with van der Waals surface area (Å²) in [5.41, 5.74) is 0.991. The number of nitrogens with zero attached hydrogens (tertiary/aromatic N) is 2. The third kappa shape index (κ3) is 4.12. The maximum Gasteiger partial charge on any atom is 0.224 e. The van der Waals surface area contributed by atoms with E-state index in [9.17, 15) is 4.79 Å². The minimum atomic E-state index is 0.259. The number of likely N-dealkylation sites (tertiary alicyclic amines) is 1. The number of carbonyl (C=O) groups is 1. The first-order chi connectivity index (χ1) is 9.29.